The van der Waals surface area contributed by atoms with E-state index in [1.165, 1.54) is 31.4 Å². The lowest BCUT2D eigenvalue weighted by Crippen LogP contribution is -2.58. The smallest absolute Gasteiger partial charge is 0.345 e. The number of hydrogen-bond donors (Lipinski definition) is 2. The molecule has 43 heavy (non-hydrogen) atoms. The molecule has 0 radical (unpaired) electrons. The van der Waals surface area contributed by atoms with Crippen LogP contribution in [0, 0.1) is 12.7 Å². The molecule has 4 aromatic rings. The number of methoxy groups -OCH3 is 1. The van der Waals surface area contributed by atoms with E-state index in [1.54, 1.807) is 19.1 Å². The maximum Gasteiger partial charge on any atom is 0.345 e. The highest BCUT2D eigenvalue weighted by Gasteiger charge is 2.43. The number of hydrogen-bond acceptors (Lipinski definition) is 5. The number of aryl methyl sites for hydroxylation is 2. The summed E-state index contributed by atoms with van der Waals surface area (Å²) in [5.41, 5.74) is 9.84. The Morgan fingerprint density at radius 2 is 1.81 bits per heavy atom. The van der Waals surface area contributed by atoms with E-state index in [0.29, 0.717) is 28.7 Å². The Kier molecular flexibility index (Phi) is 8.25. The number of fused-ring (bicyclic) bond motifs is 1. The minimum atomic E-state index is -2.86. The first-order valence-electron chi connectivity index (χ1n) is 14.0. The van der Waals surface area contributed by atoms with E-state index in [9.17, 15) is 22.8 Å². The van der Waals surface area contributed by atoms with Crippen LogP contribution in [-0.4, -0.2) is 37.2 Å². The molecular formula is C33H33F3N2O5. The number of halogens is 3. The predicted octanol–water partition coefficient (Wildman–Crippen LogP) is 7.16. The Bertz CT molecular complexity index is 1690. The van der Waals surface area contributed by atoms with Crippen molar-refractivity contribution in [2.24, 2.45) is 5.73 Å². The second kappa shape index (κ2) is 11.8. The van der Waals surface area contributed by atoms with E-state index in [-0.39, 0.29) is 29.7 Å². The van der Waals surface area contributed by atoms with Gasteiger partial charge in [-0.2, -0.15) is 8.78 Å². The number of rotatable bonds is 10. The van der Waals surface area contributed by atoms with Crippen molar-refractivity contribution in [2.75, 3.05) is 7.11 Å². The molecule has 0 saturated heterocycles. The van der Waals surface area contributed by atoms with Gasteiger partial charge in [0.05, 0.1) is 24.3 Å². The van der Waals surface area contributed by atoms with Gasteiger partial charge in [-0.1, -0.05) is 13.3 Å². The summed E-state index contributed by atoms with van der Waals surface area (Å²) >= 11 is 0. The molecule has 3 aromatic carbocycles. The summed E-state index contributed by atoms with van der Waals surface area (Å²) in [7, 11) is 1.47. The van der Waals surface area contributed by atoms with E-state index in [1.807, 2.05) is 26.0 Å². The number of amides is 2. The molecule has 0 unspecified atom stereocenters. The minimum Gasteiger partial charge on any atom is -0.496 e. The summed E-state index contributed by atoms with van der Waals surface area (Å²) in [6.07, 6.45) is 1.39. The van der Waals surface area contributed by atoms with Crippen LogP contribution in [0.5, 0.6) is 5.75 Å². The fourth-order valence-electron chi connectivity index (χ4n) is 5.91. The molecule has 0 bridgehead atoms. The van der Waals surface area contributed by atoms with Crippen molar-refractivity contribution in [3.63, 3.8) is 0 Å². The number of ether oxygens (including phenoxy) is 2. The number of alkyl halides is 2. The van der Waals surface area contributed by atoms with E-state index in [0.717, 1.165) is 28.7 Å². The zero-order valence-electron chi connectivity index (χ0n) is 24.4. The van der Waals surface area contributed by atoms with Gasteiger partial charge in [-0.15, -0.1) is 0 Å². The Morgan fingerprint density at radius 3 is 2.42 bits per heavy atom. The molecule has 5 rings (SSSR count). The Balaban J connectivity index is 1.60. The van der Waals surface area contributed by atoms with Crippen molar-refractivity contribution < 1.29 is 36.7 Å². The molecule has 2 amide bonds. The fraction of sp³-hybridized carbons (Fsp3) is 0.333. The van der Waals surface area contributed by atoms with Gasteiger partial charge in [0.25, 0.3) is 11.8 Å². The second-order valence-corrected chi connectivity index (χ2v) is 11.2. The average Bonchev–Trinajstić information content (AvgIpc) is 3.30. The van der Waals surface area contributed by atoms with Gasteiger partial charge in [-0.3, -0.25) is 9.59 Å². The Hall–Kier alpha value is -4.31. The lowest BCUT2D eigenvalue weighted by Gasteiger charge is -2.45. The monoisotopic (exact) mass is 594 g/mol. The fourth-order valence-corrected chi connectivity index (χ4v) is 5.91. The first kappa shape index (κ1) is 30.2. The van der Waals surface area contributed by atoms with E-state index >= 15 is 0 Å². The van der Waals surface area contributed by atoms with Crippen molar-refractivity contribution in [2.45, 2.75) is 64.7 Å². The lowest BCUT2D eigenvalue weighted by atomic mass is 9.75. The lowest BCUT2D eigenvalue weighted by molar-refractivity contribution is -0.194. The average molecular weight is 595 g/mol. The van der Waals surface area contributed by atoms with Crippen LogP contribution in [0.1, 0.15) is 65.0 Å². The highest BCUT2D eigenvalue weighted by atomic mass is 19.3. The molecule has 1 aliphatic carbocycles. The van der Waals surface area contributed by atoms with Crippen LogP contribution >= 0.6 is 0 Å². The molecule has 1 fully saturated rings. The van der Waals surface area contributed by atoms with Crippen molar-refractivity contribution in [3.05, 3.63) is 76.6 Å². The van der Waals surface area contributed by atoms with Gasteiger partial charge in [0.1, 0.15) is 22.9 Å². The second-order valence-electron chi connectivity index (χ2n) is 11.2. The van der Waals surface area contributed by atoms with Gasteiger partial charge >= 0.3 is 6.61 Å². The summed E-state index contributed by atoms with van der Waals surface area (Å²) in [4.78, 5) is 26.2. The quantitative estimate of drug-likeness (QED) is 0.203. The molecule has 1 aromatic heterocycles. The summed E-state index contributed by atoms with van der Waals surface area (Å²) in [6.45, 7) is 2.86. The zero-order valence-corrected chi connectivity index (χ0v) is 24.4. The third kappa shape index (κ3) is 5.97. The molecule has 0 atom stereocenters. The van der Waals surface area contributed by atoms with Crippen LogP contribution in [0.2, 0.25) is 0 Å². The highest BCUT2D eigenvalue weighted by molar-refractivity contribution is 6.11. The number of nitrogens with two attached hydrogens (primary N) is 1. The van der Waals surface area contributed by atoms with Gasteiger partial charge in [0, 0.05) is 16.5 Å². The number of nitrogens with one attached hydrogen (secondary N) is 1. The van der Waals surface area contributed by atoms with Crippen LogP contribution in [0.15, 0.2) is 52.9 Å². The van der Waals surface area contributed by atoms with Crippen LogP contribution in [-0.2, 0) is 11.2 Å². The van der Waals surface area contributed by atoms with E-state index < -0.39 is 35.9 Å². The van der Waals surface area contributed by atoms with Crippen LogP contribution in [0.25, 0.3) is 33.4 Å². The summed E-state index contributed by atoms with van der Waals surface area (Å²) in [6, 6.07) is 12.8. The molecule has 1 saturated carbocycles. The van der Waals surface area contributed by atoms with Crippen molar-refractivity contribution in [3.8, 4) is 28.2 Å². The molecular weight excluding hydrogens is 561 g/mol. The minimum absolute atomic E-state index is 0.175. The molecule has 226 valence electrons. The van der Waals surface area contributed by atoms with Crippen molar-refractivity contribution in [1.29, 1.82) is 0 Å². The van der Waals surface area contributed by atoms with Crippen LogP contribution in [0.3, 0.4) is 0 Å². The zero-order chi connectivity index (χ0) is 31.1. The number of carbonyl (C=O) groups is 2. The summed E-state index contributed by atoms with van der Waals surface area (Å²) in [5, 5.41) is 3.45. The summed E-state index contributed by atoms with van der Waals surface area (Å²) < 4.78 is 55.1. The molecule has 3 N–H and O–H groups in total. The Morgan fingerprint density at radius 1 is 1.12 bits per heavy atom. The maximum atomic E-state index is 13.6. The SMILES string of the molecule is CCCc1cc2oc(-c3ccc(F)cc3)c(C(N)=O)c2cc1-c1cc(C(=O)NC2(C)CC(OC(F)F)C2)c(OC)cc1C. The largest absolute Gasteiger partial charge is 0.496 e. The molecule has 0 spiro atoms. The van der Waals surface area contributed by atoms with Gasteiger partial charge in [-0.05, 0) is 104 Å². The van der Waals surface area contributed by atoms with Crippen LogP contribution < -0.4 is 15.8 Å². The third-order valence-corrected chi connectivity index (χ3v) is 7.93. The predicted molar refractivity (Wildman–Crippen MR) is 157 cm³/mol. The molecule has 1 heterocycles. The first-order chi connectivity index (χ1) is 20.4. The van der Waals surface area contributed by atoms with Gasteiger partial charge in [0.2, 0.25) is 0 Å². The maximum absolute atomic E-state index is 13.6. The van der Waals surface area contributed by atoms with Crippen molar-refractivity contribution >= 4 is 22.8 Å². The normalized spacial score (nSPS) is 18.1. The van der Waals surface area contributed by atoms with Crippen LogP contribution in [0.4, 0.5) is 13.2 Å². The van der Waals surface area contributed by atoms with E-state index in [2.05, 4.69) is 10.1 Å². The topological polar surface area (TPSA) is 104 Å². The number of carbonyl (C=O) groups excluding carboxylic acids is 2. The third-order valence-electron chi connectivity index (χ3n) is 7.93. The van der Waals surface area contributed by atoms with Gasteiger partial charge in [-0.25, -0.2) is 4.39 Å². The molecule has 0 aliphatic heterocycles. The Labute approximate surface area is 247 Å². The van der Waals surface area contributed by atoms with Gasteiger partial charge < -0.3 is 24.9 Å². The number of furan rings is 1. The van der Waals surface area contributed by atoms with Gasteiger partial charge in [0.15, 0.2) is 0 Å². The highest BCUT2D eigenvalue weighted by Crippen LogP contribution is 2.41. The van der Waals surface area contributed by atoms with Crippen molar-refractivity contribution in [1.82, 2.24) is 5.32 Å². The molecule has 7 nitrogen and oxygen atoms in total. The number of benzene rings is 3. The molecule has 10 heteroatoms. The molecule has 1 aliphatic rings. The first-order valence-corrected chi connectivity index (χ1v) is 14.0. The number of primary amides is 1. The standard InChI is InChI=1S/C33H33F3N2O5/c1-5-6-19-12-27-24(28(30(37)39)29(43-27)18-7-9-20(34)10-8-18)14-23(19)22-13-25(26(41-4)11-17(22)2)31(40)38-33(3)15-21(16-33)42-32(35)36/h7-14,21,32H,5-6,15-16H2,1-4H3,(H2,37,39)(H,38,40). The van der Waals surface area contributed by atoms with E-state index in [4.69, 9.17) is 14.9 Å². The summed E-state index contributed by atoms with van der Waals surface area (Å²) in [5.74, 6) is -0.914.